The topological polar surface area (TPSA) is 99.2 Å². The molecule has 0 radical (unpaired) electrons. The molecule has 0 saturated carbocycles. The second-order valence-electron chi connectivity index (χ2n) is 4.80. The second kappa shape index (κ2) is 7.09. The van der Waals surface area contributed by atoms with E-state index in [2.05, 4.69) is 5.32 Å². The first-order valence-electron chi connectivity index (χ1n) is 6.40. The van der Waals surface area contributed by atoms with Crippen molar-refractivity contribution in [1.29, 1.82) is 0 Å². The van der Waals surface area contributed by atoms with Crippen molar-refractivity contribution >= 4 is 17.9 Å². The van der Waals surface area contributed by atoms with E-state index in [9.17, 15) is 14.4 Å². The lowest BCUT2D eigenvalue weighted by Gasteiger charge is -2.38. The standard InChI is InChI=1S/C12H21N3O5/c1-8(7-20-3)14(2)12(19)15-5-4-13-11(18)9(15)6-10(16)17/h8-9H,4-7H2,1-3H3,(H,13,18)(H,16,17). The van der Waals surface area contributed by atoms with E-state index < -0.39 is 24.3 Å². The molecule has 1 aliphatic heterocycles. The summed E-state index contributed by atoms with van der Waals surface area (Å²) in [5.41, 5.74) is 0. The summed E-state index contributed by atoms with van der Waals surface area (Å²) in [5.74, 6) is -1.54. The van der Waals surface area contributed by atoms with Gasteiger partial charge in [-0.15, -0.1) is 0 Å². The second-order valence-corrected chi connectivity index (χ2v) is 4.80. The van der Waals surface area contributed by atoms with E-state index in [0.29, 0.717) is 19.7 Å². The SMILES string of the molecule is COCC(C)N(C)C(=O)N1CCNC(=O)C1CC(=O)O. The summed E-state index contributed by atoms with van der Waals surface area (Å²) in [6, 6.07) is -1.50. The van der Waals surface area contributed by atoms with E-state index in [1.54, 1.807) is 7.05 Å². The molecule has 114 valence electrons. The summed E-state index contributed by atoms with van der Waals surface area (Å²) in [6.07, 6.45) is -0.399. The molecule has 0 aromatic rings. The fraction of sp³-hybridized carbons (Fsp3) is 0.750. The average Bonchev–Trinajstić information content (AvgIpc) is 2.39. The minimum absolute atomic E-state index is 0.164. The first-order chi connectivity index (χ1) is 9.38. The Kier molecular flexibility index (Phi) is 5.75. The van der Waals surface area contributed by atoms with Gasteiger partial charge >= 0.3 is 12.0 Å². The number of nitrogens with one attached hydrogen (secondary N) is 1. The van der Waals surface area contributed by atoms with Crippen molar-refractivity contribution < 1.29 is 24.2 Å². The highest BCUT2D eigenvalue weighted by Gasteiger charge is 2.36. The molecule has 1 rings (SSSR count). The third-order valence-electron chi connectivity index (χ3n) is 3.32. The number of rotatable bonds is 5. The van der Waals surface area contributed by atoms with Crippen LogP contribution in [0.25, 0.3) is 0 Å². The fourth-order valence-corrected chi connectivity index (χ4v) is 2.06. The minimum atomic E-state index is -1.11. The molecule has 8 nitrogen and oxygen atoms in total. The normalized spacial score (nSPS) is 20.2. The van der Waals surface area contributed by atoms with Gasteiger partial charge in [0.25, 0.3) is 0 Å². The molecule has 1 fully saturated rings. The maximum Gasteiger partial charge on any atom is 0.320 e. The van der Waals surface area contributed by atoms with Crippen LogP contribution < -0.4 is 5.32 Å². The van der Waals surface area contributed by atoms with Crippen LogP contribution in [0, 0.1) is 0 Å². The Morgan fingerprint density at radius 1 is 1.60 bits per heavy atom. The van der Waals surface area contributed by atoms with Gasteiger partial charge in [0.2, 0.25) is 5.91 Å². The van der Waals surface area contributed by atoms with E-state index in [4.69, 9.17) is 9.84 Å². The molecular formula is C12H21N3O5. The summed E-state index contributed by atoms with van der Waals surface area (Å²) >= 11 is 0. The van der Waals surface area contributed by atoms with E-state index in [1.165, 1.54) is 16.9 Å². The third kappa shape index (κ3) is 3.83. The largest absolute Gasteiger partial charge is 0.481 e. The van der Waals surface area contributed by atoms with Crippen molar-refractivity contribution in [3.05, 3.63) is 0 Å². The highest BCUT2D eigenvalue weighted by molar-refractivity contribution is 5.91. The third-order valence-corrected chi connectivity index (χ3v) is 3.32. The summed E-state index contributed by atoms with van der Waals surface area (Å²) in [4.78, 5) is 37.7. The monoisotopic (exact) mass is 287 g/mol. The number of carboxylic acids is 1. The minimum Gasteiger partial charge on any atom is -0.481 e. The van der Waals surface area contributed by atoms with Gasteiger partial charge in [0, 0.05) is 27.2 Å². The van der Waals surface area contributed by atoms with E-state index in [-0.39, 0.29) is 12.1 Å². The Bertz CT molecular complexity index is 387. The lowest BCUT2D eigenvalue weighted by atomic mass is 10.1. The maximum absolute atomic E-state index is 12.4. The molecule has 0 aromatic carbocycles. The summed E-state index contributed by atoms with van der Waals surface area (Å²) in [7, 11) is 3.15. The lowest BCUT2D eigenvalue weighted by molar-refractivity contribution is -0.142. The number of methoxy groups -OCH3 is 1. The number of carbonyl (C=O) groups excluding carboxylic acids is 2. The van der Waals surface area contributed by atoms with Gasteiger partial charge in [0.05, 0.1) is 19.1 Å². The van der Waals surface area contributed by atoms with Crippen molar-refractivity contribution in [3.8, 4) is 0 Å². The zero-order chi connectivity index (χ0) is 15.3. The van der Waals surface area contributed by atoms with Crippen LogP contribution in [0.4, 0.5) is 4.79 Å². The number of hydrogen-bond acceptors (Lipinski definition) is 4. The van der Waals surface area contributed by atoms with Gasteiger partial charge in [-0.05, 0) is 6.92 Å². The smallest absolute Gasteiger partial charge is 0.320 e. The van der Waals surface area contributed by atoms with Crippen LogP contribution in [0.5, 0.6) is 0 Å². The van der Waals surface area contributed by atoms with Gasteiger partial charge in [0.1, 0.15) is 6.04 Å². The maximum atomic E-state index is 12.4. The van der Waals surface area contributed by atoms with Crippen LogP contribution >= 0.6 is 0 Å². The molecular weight excluding hydrogens is 266 g/mol. The Hall–Kier alpha value is -1.83. The number of hydrogen-bond donors (Lipinski definition) is 2. The van der Waals surface area contributed by atoms with Crippen LogP contribution in [0.1, 0.15) is 13.3 Å². The molecule has 2 atom stereocenters. The van der Waals surface area contributed by atoms with Crippen molar-refractivity contribution in [2.75, 3.05) is 33.9 Å². The number of nitrogens with zero attached hydrogens (tertiary/aromatic N) is 2. The van der Waals surface area contributed by atoms with Crippen LogP contribution in [0.2, 0.25) is 0 Å². The Morgan fingerprint density at radius 2 is 2.25 bits per heavy atom. The average molecular weight is 287 g/mol. The summed E-state index contributed by atoms with van der Waals surface area (Å²) in [5, 5.41) is 11.4. The van der Waals surface area contributed by atoms with Gasteiger partial charge in [-0.25, -0.2) is 4.79 Å². The number of urea groups is 1. The van der Waals surface area contributed by atoms with Crippen LogP contribution in [-0.4, -0.2) is 78.8 Å². The Balaban J connectivity index is 2.81. The molecule has 1 aliphatic rings. The van der Waals surface area contributed by atoms with E-state index in [0.717, 1.165) is 0 Å². The number of piperazine rings is 1. The molecule has 3 amide bonds. The molecule has 0 aromatic heterocycles. The molecule has 2 N–H and O–H groups in total. The van der Waals surface area contributed by atoms with E-state index in [1.807, 2.05) is 6.92 Å². The molecule has 20 heavy (non-hydrogen) atoms. The molecule has 8 heteroatoms. The van der Waals surface area contributed by atoms with Crippen molar-refractivity contribution in [3.63, 3.8) is 0 Å². The molecule has 1 heterocycles. The zero-order valence-corrected chi connectivity index (χ0v) is 12.0. The number of likely N-dealkylation sites (N-methyl/N-ethyl adjacent to an activating group) is 1. The van der Waals surface area contributed by atoms with Crippen LogP contribution in [-0.2, 0) is 14.3 Å². The van der Waals surface area contributed by atoms with Gasteiger partial charge < -0.3 is 25.0 Å². The first kappa shape index (κ1) is 16.2. The van der Waals surface area contributed by atoms with Gasteiger partial charge in [-0.3, -0.25) is 9.59 Å². The lowest BCUT2D eigenvalue weighted by Crippen LogP contribution is -2.61. The highest BCUT2D eigenvalue weighted by atomic mass is 16.5. The highest BCUT2D eigenvalue weighted by Crippen LogP contribution is 2.13. The molecule has 0 spiro atoms. The number of aliphatic carboxylic acids is 1. The summed E-state index contributed by atoms with van der Waals surface area (Å²) in [6.45, 7) is 2.81. The van der Waals surface area contributed by atoms with Crippen molar-refractivity contribution in [1.82, 2.24) is 15.1 Å². The molecule has 1 saturated heterocycles. The number of carboxylic acid groups (broad SMARTS) is 1. The predicted molar refractivity (Wildman–Crippen MR) is 70.3 cm³/mol. The molecule has 2 unspecified atom stereocenters. The number of carbonyl (C=O) groups is 3. The Labute approximate surface area is 117 Å². The predicted octanol–water partition coefficient (Wildman–Crippen LogP) is -0.652. The van der Waals surface area contributed by atoms with Gasteiger partial charge in [0.15, 0.2) is 0 Å². The van der Waals surface area contributed by atoms with Crippen LogP contribution in [0.3, 0.4) is 0 Å². The fourth-order valence-electron chi connectivity index (χ4n) is 2.06. The van der Waals surface area contributed by atoms with Crippen molar-refractivity contribution in [2.45, 2.75) is 25.4 Å². The summed E-state index contributed by atoms with van der Waals surface area (Å²) < 4.78 is 4.99. The number of amides is 3. The van der Waals surface area contributed by atoms with Crippen LogP contribution in [0.15, 0.2) is 0 Å². The molecule has 0 aliphatic carbocycles. The van der Waals surface area contributed by atoms with Gasteiger partial charge in [-0.1, -0.05) is 0 Å². The zero-order valence-electron chi connectivity index (χ0n) is 12.0. The first-order valence-corrected chi connectivity index (χ1v) is 6.40. The Morgan fingerprint density at radius 3 is 2.80 bits per heavy atom. The quantitative estimate of drug-likeness (QED) is 0.700. The van der Waals surface area contributed by atoms with Gasteiger partial charge in [-0.2, -0.15) is 0 Å². The molecule has 0 bridgehead atoms. The van der Waals surface area contributed by atoms with E-state index >= 15 is 0 Å². The number of ether oxygens (including phenoxy) is 1. The van der Waals surface area contributed by atoms with Crippen molar-refractivity contribution in [2.24, 2.45) is 0 Å².